The molecule has 10 nitrogen and oxygen atoms in total. The molecule has 1 aliphatic rings. The molecular weight excluding hydrogens is 402 g/mol. The van der Waals surface area contributed by atoms with Gasteiger partial charge in [-0.25, -0.2) is 14.5 Å². The lowest BCUT2D eigenvalue weighted by atomic mass is 10.0. The Kier molecular flexibility index (Phi) is 7.09. The maximum atomic E-state index is 12.1. The van der Waals surface area contributed by atoms with E-state index >= 15 is 0 Å². The number of aliphatic carboxylic acids is 1. The molecule has 0 spiro atoms. The molecule has 2 heterocycles. The Morgan fingerprint density at radius 1 is 1.32 bits per heavy atom. The zero-order valence-corrected chi connectivity index (χ0v) is 18.3. The molecule has 0 aromatic carbocycles. The number of pyridine rings is 1. The molecule has 0 saturated heterocycles. The van der Waals surface area contributed by atoms with Gasteiger partial charge in [0, 0.05) is 13.5 Å². The summed E-state index contributed by atoms with van der Waals surface area (Å²) in [5.74, 6) is 0.653. The van der Waals surface area contributed by atoms with Crippen LogP contribution in [0.15, 0.2) is 12.1 Å². The number of hydrogen-bond donors (Lipinski definition) is 2. The van der Waals surface area contributed by atoms with Crippen molar-refractivity contribution in [3.63, 3.8) is 0 Å². The molecule has 0 aliphatic heterocycles. The van der Waals surface area contributed by atoms with Crippen molar-refractivity contribution in [2.75, 3.05) is 11.9 Å². The van der Waals surface area contributed by atoms with Crippen molar-refractivity contribution in [2.24, 2.45) is 18.9 Å². The fraction of sp³-hybridized carbons (Fsp3) is 0.571. The molecule has 2 atom stereocenters. The molecule has 1 aliphatic carbocycles. The Balaban J connectivity index is 1.69. The Bertz CT molecular complexity index is 942. The van der Waals surface area contributed by atoms with Gasteiger partial charge in [0.1, 0.15) is 5.75 Å². The third-order valence-electron chi connectivity index (χ3n) is 5.13. The van der Waals surface area contributed by atoms with E-state index in [0.29, 0.717) is 35.3 Å². The van der Waals surface area contributed by atoms with Crippen molar-refractivity contribution >= 4 is 17.9 Å². The van der Waals surface area contributed by atoms with E-state index in [1.165, 1.54) is 4.68 Å². The van der Waals surface area contributed by atoms with Crippen LogP contribution in [0.25, 0.3) is 11.4 Å². The lowest BCUT2D eigenvalue weighted by molar-refractivity contribution is -0.138. The van der Waals surface area contributed by atoms with Crippen molar-refractivity contribution in [1.29, 1.82) is 0 Å². The van der Waals surface area contributed by atoms with Crippen molar-refractivity contribution in [1.82, 2.24) is 20.0 Å². The first kappa shape index (κ1) is 22.5. The number of ether oxygens (including phenoxy) is 2. The van der Waals surface area contributed by atoms with E-state index in [0.717, 1.165) is 19.3 Å². The van der Waals surface area contributed by atoms with Crippen molar-refractivity contribution < 1.29 is 24.2 Å². The normalized spacial score (nSPS) is 18.2. The van der Waals surface area contributed by atoms with Gasteiger partial charge in [-0.05, 0) is 50.2 Å². The van der Waals surface area contributed by atoms with Gasteiger partial charge in [0.2, 0.25) is 0 Å². The average molecular weight is 431 g/mol. The molecule has 1 fully saturated rings. The molecule has 2 N–H and O–H groups in total. The molecule has 0 bridgehead atoms. The summed E-state index contributed by atoms with van der Waals surface area (Å²) in [6, 6.07) is 3.58. The number of amides is 1. The average Bonchev–Trinajstić information content (AvgIpc) is 3.28. The quantitative estimate of drug-likeness (QED) is 0.651. The van der Waals surface area contributed by atoms with Crippen molar-refractivity contribution in [3.05, 3.63) is 17.8 Å². The van der Waals surface area contributed by atoms with E-state index in [1.807, 2.05) is 26.8 Å². The number of carbonyl (C=O) groups excluding carboxylic acids is 1. The maximum Gasteiger partial charge on any atom is 0.412 e. The second-order valence-electron chi connectivity index (χ2n) is 8.32. The first-order chi connectivity index (χ1) is 14.7. The summed E-state index contributed by atoms with van der Waals surface area (Å²) in [5, 5.41) is 19.8. The van der Waals surface area contributed by atoms with Gasteiger partial charge >= 0.3 is 12.1 Å². The minimum atomic E-state index is -0.769. The highest BCUT2D eigenvalue weighted by atomic mass is 16.5. The van der Waals surface area contributed by atoms with Crippen LogP contribution in [0.2, 0.25) is 0 Å². The molecule has 10 heteroatoms. The molecule has 2 aromatic heterocycles. The van der Waals surface area contributed by atoms with Crippen LogP contribution in [-0.2, 0) is 16.6 Å². The zero-order valence-electron chi connectivity index (χ0n) is 18.3. The standard InChI is InChI=1S/C21H29N5O5/c1-12(2)11-30-21(29)23-20-19(24-25-26(20)4)16-7-8-17(13(3)22-16)31-15-6-5-14(9-15)10-18(27)28/h7-8,12,14-15H,5-6,9-11H2,1-4H3,(H,23,29)(H,27,28)/t14-,15-/m0/s1. The number of hydrogen-bond acceptors (Lipinski definition) is 7. The van der Waals surface area contributed by atoms with Crippen LogP contribution in [0.4, 0.5) is 10.6 Å². The zero-order chi connectivity index (χ0) is 22.5. The summed E-state index contributed by atoms with van der Waals surface area (Å²) in [5.41, 5.74) is 1.66. The summed E-state index contributed by atoms with van der Waals surface area (Å²) < 4.78 is 12.7. The van der Waals surface area contributed by atoms with E-state index < -0.39 is 12.1 Å². The van der Waals surface area contributed by atoms with Crippen LogP contribution in [0.5, 0.6) is 5.75 Å². The number of anilines is 1. The van der Waals surface area contributed by atoms with Crippen LogP contribution in [-0.4, -0.2) is 49.9 Å². The van der Waals surface area contributed by atoms with Crippen LogP contribution in [0, 0.1) is 18.8 Å². The maximum absolute atomic E-state index is 12.1. The van der Waals surface area contributed by atoms with Crippen LogP contribution in [0.3, 0.4) is 0 Å². The predicted octanol–water partition coefficient (Wildman–Crippen LogP) is 3.41. The fourth-order valence-corrected chi connectivity index (χ4v) is 3.60. The monoisotopic (exact) mass is 431 g/mol. The lowest BCUT2D eigenvalue weighted by Crippen LogP contribution is -2.19. The molecule has 1 saturated carbocycles. The second kappa shape index (κ2) is 9.76. The van der Waals surface area contributed by atoms with Gasteiger partial charge < -0.3 is 14.6 Å². The summed E-state index contributed by atoms with van der Waals surface area (Å²) in [6.07, 6.45) is 2.00. The third-order valence-corrected chi connectivity index (χ3v) is 5.13. The molecule has 2 aromatic rings. The molecular formula is C21H29N5O5. The Hall–Kier alpha value is -3.17. The largest absolute Gasteiger partial charge is 0.489 e. The van der Waals surface area contributed by atoms with Crippen LogP contribution >= 0.6 is 0 Å². The Labute approximate surface area is 181 Å². The fourth-order valence-electron chi connectivity index (χ4n) is 3.60. The highest BCUT2D eigenvalue weighted by Gasteiger charge is 2.28. The molecule has 31 heavy (non-hydrogen) atoms. The Morgan fingerprint density at radius 3 is 2.77 bits per heavy atom. The molecule has 0 radical (unpaired) electrons. The van der Waals surface area contributed by atoms with Gasteiger partial charge in [0.25, 0.3) is 0 Å². The number of aromatic nitrogens is 4. The van der Waals surface area contributed by atoms with E-state index in [4.69, 9.17) is 14.6 Å². The van der Waals surface area contributed by atoms with E-state index in [1.54, 1.807) is 13.1 Å². The minimum absolute atomic E-state index is 0.0137. The summed E-state index contributed by atoms with van der Waals surface area (Å²) in [7, 11) is 1.67. The number of carbonyl (C=O) groups is 2. The second-order valence-corrected chi connectivity index (χ2v) is 8.32. The van der Waals surface area contributed by atoms with E-state index in [-0.39, 0.29) is 24.4 Å². The summed E-state index contributed by atoms with van der Waals surface area (Å²) in [4.78, 5) is 27.6. The number of carboxylic acids is 1. The van der Waals surface area contributed by atoms with E-state index in [9.17, 15) is 9.59 Å². The van der Waals surface area contributed by atoms with Gasteiger partial charge in [-0.3, -0.25) is 10.1 Å². The Morgan fingerprint density at radius 2 is 2.10 bits per heavy atom. The SMILES string of the molecule is Cc1nc(-c2nnn(C)c2NC(=O)OCC(C)C)ccc1O[C@H]1CC[C@H](CC(=O)O)C1. The van der Waals surface area contributed by atoms with Crippen LogP contribution < -0.4 is 10.1 Å². The van der Waals surface area contributed by atoms with Gasteiger partial charge in [0.05, 0.1) is 24.1 Å². The molecule has 168 valence electrons. The first-order valence-electron chi connectivity index (χ1n) is 10.4. The predicted molar refractivity (Wildman–Crippen MR) is 113 cm³/mol. The highest BCUT2D eigenvalue weighted by molar-refractivity contribution is 5.88. The number of carboxylic acid groups (broad SMARTS) is 1. The van der Waals surface area contributed by atoms with Gasteiger partial charge in [0.15, 0.2) is 11.5 Å². The smallest absolute Gasteiger partial charge is 0.412 e. The molecule has 3 rings (SSSR count). The van der Waals surface area contributed by atoms with E-state index in [2.05, 4.69) is 20.6 Å². The minimum Gasteiger partial charge on any atom is -0.489 e. The third kappa shape index (κ3) is 5.93. The highest BCUT2D eigenvalue weighted by Crippen LogP contribution is 2.33. The molecule has 0 unspecified atom stereocenters. The van der Waals surface area contributed by atoms with Crippen molar-refractivity contribution in [2.45, 2.75) is 52.6 Å². The van der Waals surface area contributed by atoms with Crippen molar-refractivity contribution in [3.8, 4) is 17.1 Å². The van der Waals surface area contributed by atoms with Gasteiger partial charge in [-0.15, -0.1) is 5.10 Å². The summed E-state index contributed by atoms with van der Waals surface area (Å²) >= 11 is 0. The van der Waals surface area contributed by atoms with Gasteiger partial charge in [-0.2, -0.15) is 0 Å². The molecule has 1 amide bonds. The number of aryl methyl sites for hydroxylation is 2. The topological polar surface area (TPSA) is 128 Å². The summed E-state index contributed by atoms with van der Waals surface area (Å²) in [6.45, 7) is 6.06. The number of nitrogens with zero attached hydrogens (tertiary/aromatic N) is 4. The van der Waals surface area contributed by atoms with Crippen LogP contribution in [0.1, 0.15) is 45.2 Å². The van der Waals surface area contributed by atoms with Gasteiger partial charge in [-0.1, -0.05) is 19.1 Å². The lowest BCUT2D eigenvalue weighted by Gasteiger charge is -2.16. The first-order valence-corrected chi connectivity index (χ1v) is 10.4. The number of rotatable bonds is 8. The number of nitrogens with one attached hydrogen (secondary N) is 1.